The van der Waals surface area contributed by atoms with Crippen LogP contribution >= 0.6 is 0 Å². The molecule has 1 aromatic heterocycles. The van der Waals surface area contributed by atoms with Crippen molar-refractivity contribution < 1.29 is 13.2 Å². The number of hydrogen-bond acceptors (Lipinski definition) is 5. The van der Waals surface area contributed by atoms with Crippen molar-refractivity contribution in [1.29, 1.82) is 0 Å². The Bertz CT molecular complexity index is 568. The molecular formula is C9H16N6O3S. The maximum absolute atomic E-state index is 12.2. The van der Waals surface area contributed by atoms with Crippen LogP contribution in [0.3, 0.4) is 0 Å². The van der Waals surface area contributed by atoms with Crippen LogP contribution in [0.4, 0.5) is 5.69 Å². The molecule has 1 aromatic rings. The third-order valence-electron chi connectivity index (χ3n) is 3.06. The van der Waals surface area contributed by atoms with Crippen LogP contribution in [0.15, 0.2) is 6.20 Å². The maximum Gasteiger partial charge on any atom is 0.277 e. The molecule has 19 heavy (non-hydrogen) atoms. The quantitative estimate of drug-likeness (QED) is 0.648. The van der Waals surface area contributed by atoms with Crippen molar-refractivity contribution in [3.8, 4) is 0 Å². The lowest BCUT2D eigenvalue weighted by Crippen LogP contribution is -2.52. The third-order valence-corrected chi connectivity index (χ3v) is 4.14. The number of piperazine rings is 1. The lowest BCUT2D eigenvalue weighted by molar-refractivity contribution is 0.0688. The molecule has 1 amide bonds. The van der Waals surface area contributed by atoms with Gasteiger partial charge in [-0.15, -0.1) is 0 Å². The van der Waals surface area contributed by atoms with E-state index in [1.807, 2.05) is 0 Å². The average molecular weight is 288 g/mol. The number of hydrogen-bond donors (Lipinski definition) is 2. The van der Waals surface area contributed by atoms with Crippen molar-refractivity contribution in [2.75, 3.05) is 31.9 Å². The van der Waals surface area contributed by atoms with Gasteiger partial charge in [0.25, 0.3) is 16.1 Å². The van der Waals surface area contributed by atoms with Crippen LogP contribution in [0.2, 0.25) is 0 Å². The van der Waals surface area contributed by atoms with E-state index in [0.29, 0.717) is 11.4 Å². The van der Waals surface area contributed by atoms with E-state index in [-0.39, 0.29) is 32.1 Å². The van der Waals surface area contributed by atoms with Gasteiger partial charge >= 0.3 is 0 Å². The van der Waals surface area contributed by atoms with Crippen molar-refractivity contribution in [3.63, 3.8) is 0 Å². The number of nitrogen functional groups attached to an aromatic ring is 1. The summed E-state index contributed by atoms with van der Waals surface area (Å²) in [5, 5.41) is 8.94. The van der Waals surface area contributed by atoms with E-state index in [2.05, 4.69) is 5.10 Å². The van der Waals surface area contributed by atoms with Crippen LogP contribution in [-0.4, -0.2) is 59.5 Å². The van der Waals surface area contributed by atoms with Crippen molar-refractivity contribution in [2.45, 2.75) is 0 Å². The van der Waals surface area contributed by atoms with E-state index < -0.39 is 10.2 Å². The SMILES string of the molecule is Cn1ncc(N)c1C(=O)N1CCN(S(N)(=O)=O)CC1. The minimum Gasteiger partial charge on any atom is -0.396 e. The van der Waals surface area contributed by atoms with E-state index in [1.54, 1.807) is 7.05 Å². The minimum absolute atomic E-state index is 0.183. The molecule has 0 aromatic carbocycles. The highest BCUT2D eigenvalue weighted by Crippen LogP contribution is 2.14. The molecule has 4 N–H and O–H groups in total. The Labute approximate surface area is 110 Å². The lowest BCUT2D eigenvalue weighted by Gasteiger charge is -2.32. The van der Waals surface area contributed by atoms with Gasteiger partial charge in [0.05, 0.1) is 11.9 Å². The fraction of sp³-hybridized carbons (Fsp3) is 0.556. The first-order chi connectivity index (χ1) is 8.80. The Hall–Kier alpha value is -1.65. The normalized spacial score (nSPS) is 17.7. The number of carbonyl (C=O) groups is 1. The van der Waals surface area contributed by atoms with Crippen molar-refractivity contribution in [1.82, 2.24) is 19.0 Å². The zero-order valence-electron chi connectivity index (χ0n) is 10.5. The Morgan fingerprint density at radius 2 is 1.89 bits per heavy atom. The minimum atomic E-state index is -3.69. The van der Waals surface area contributed by atoms with E-state index >= 15 is 0 Å². The Morgan fingerprint density at radius 3 is 2.32 bits per heavy atom. The van der Waals surface area contributed by atoms with Crippen LogP contribution in [0.5, 0.6) is 0 Å². The first-order valence-electron chi connectivity index (χ1n) is 5.65. The summed E-state index contributed by atoms with van der Waals surface area (Å²) >= 11 is 0. The summed E-state index contributed by atoms with van der Waals surface area (Å²) in [6.45, 7) is 0.921. The first-order valence-corrected chi connectivity index (χ1v) is 7.15. The molecule has 2 heterocycles. The Balaban J connectivity index is 2.09. The van der Waals surface area contributed by atoms with Crippen LogP contribution < -0.4 is 10.9 Å². The van der Waals surface area contributed by atoms with E-state index in [1.165, 1.54) is 15.8 Å². The van der Waals surface area contributed by atoms with Crippen molar-refractivity contribution in [3.05, 3.63) is 11.9 Å². The number of nitrogens with two attached hydrogens (primary N) is 2. The topological polar surface area (TPSA) is 128 Å². The van der Waals surface area contributed by atoms with Crippen LogP contribution in [-0.2, 0) is 17.3 Å². The molecular weight excluding hydrogens is 272 g/mol. The predicted octanol–water partition coefficient (Wildman–Crippen LogP) is -2.04. The fourth-order valence-electron chi connectivity index (χ4n) is 2.01. The highest BCUT2D eigenvalue weighted by Gasteiger charge is 2.29. The maximum atomic E-state index is 12.2. The zero-order chi connectivity index (χ0) is 14.2. The van der Waals surface area contributed by atoms with Crippen LogP contribution in [0, 0.1) is 0 Å². The average Bonchev–Trinajstić information content (AvgIpc) is 2.67. The highest BCUT2D eigenvalue weighted by molar-refractivity contribution is 7.86. The molecule has 1 aliphatic rings. The molecule has 1 aliphatic heterocycles. The van der Waals surface area contributed by atoms with E-state index in [4.69, 9.17) is 10.9 Å². The summed E-state index contributed by atoms with van der Waals surface area (Å²) < 4.78 is 24.9. The molecule has 0 atom stereocenters. The summed E-state index contributed by atoms with van der Waals surface area (Å²) in [6.07, 6.45) is 1.41. The van der Waals surface area contributed by atoms with Gasteiger partial charge in [-0.05, 0) is 0 Å². The van der Waals surface area contributed by atoms with Crippen molar-refractivity contribution >= 4 is 21.8 Å². The Morgan fingerprint density at radius 1 is 1.32 bits per heavy atom. The molecule has 0 unspecified atom stereocenters. The molecule has 0 spiro atoms. The molecule has 0 saturated carbocycles. The largest absolute Gasteiger partial charge is 0.396 e. The van der Waals surface area contributed by atoms with Gasteiger partial charge in [0.2, 0.25) is 0 Å². The van der Waals surface area contributed by atoms with E-state index in [9.17, 15) is 13.2 Å². The first kappa shape index (κ1) is 13.8. The van der Waals surface area contributed by atoms with Gasteiger partial charge in [0.1, 0.15) is 5.69 Å². The van der Waals surface area contributed by atoms with Gasteiger partial charge in [-0.2, -0.15) is 17.8 Å². The molecule has 106 valence electrons. The fourth-order valence-corrected chi connectivity index (χ4v) is 2.68. The number of anilines is 1. The third kappa shape index (κ3) is 2.69. The number of aromatic nitrogens is 2. The predicted molar refractivity (Wildman–Crippen MR) is 68.2 cm³/mol. The smallest absolute Gasteiger partial charge is 0.277 e. The van der Waals surface area contributed by atoms with Gasteiger partial charge in [-0.3, -0.25) is 9.48 Å². The second-order valence-corrected chi connectivity index (χ2v) is 5.85. The van der Waals surface area contributed by atoms with Gasteiger partial charge in [0, 0.05) is 33.2 Å². The van der Waals surface area contributed by atoms with Gasteiger partial charge in [0.15, 0.2) is 0 Å². The molecule has 2 rings (SSSR count). The van der Waals surface area contributed by atoms with Crippen LogP contribution in [0.25, 0.3) is 0 Å². The standard InChI is InChI=1S/C9H16N6O3S/c1-13-8(7(10)6-12-13)9(16)14-2-4-15(5-3-14)19(11,17)18/h6H,2-5,10H2,1H3,(H2,11,17,18). The monoisotopic (exact) mass is 288 g/mol. The Kier molecular flexibility index (Phi) is 3.47. The number of nitrogens with zero attached hydrogens (tertiary/aromatic N) is 4. The summed E-state index contributed by atoms with van der Waals surface area (Å²) in [5.74, 6) is -0.258. The molecule has 0 aliphatic carbocycles. The van der Waals surface area contributed by atoms with Crippen LogP contribution in [0.1, 0.15) is 10.5 Å². The van der Waals surface area contributed by atoms with Gasteiger partial charge in [-0.25, -0.2) is 5.14 Å². The second-order valence-electron chi connectivity index (χ2n) is 4.31. The molecule has 10 heteroatoms. The van der Waals surface area contributed by atoms with Crippen molar-refractivity contribution in [2.24, 2.45) is 12.2 Å². The zero-order valence-corrected chi connectivity index (χ0v) is 11.3. The summed E-state index contributed by atoms with van der Waals surface area (Å²) in [7, 11) is -2.06. The highest BCUT2D eigenvalue weighted by atomic mass is 32.2. The molecule has 1 saturated heterocycles. The number of rotatable bonds is 2. The lowest BCUT2D eigenvalue weighted by atomic mass is 10.3. The molecule has 0 bridgehead atoms. The molecule has 9 nitrogen and oxygen atoms in total. The summed E-state index contributed by atoms with van der Waals surface area (Å²) in [4.78, 5) is 13.8. The number of aryl methyl sites for hydroxylation is 1. The second kappa shape index (κ2) is 4.79. The molecule has 1 fully saturated rings. The van der Waals surface area contributed by atoms with Gasteiger partial charge < -0.3 is 10.6 Å². The molecule has 0 radical (unpaired) electrons. The number of amides is 1. The van der Waals surface area contributed by atoms with E-state index in [0.717, 1.165) is 4.31 Å². The summed E-state index contributed by atoms with van der Waals surface area (Å²) in [6, 6.07) is 0. The number of carbonyl (C=O) groups excluding carboxylic acids is 1. The summed E-state index contributed by atoms with van der Waals surface area (Å²) in [5.41, 5.74) is 6.30. The van der Waals surface area contributed by atoms with Gasteiger partial charge in [-0.1, -0.05) is 0 Å².